The monoisotopic (exact) mass is 189 g/mol. The molecule has 0 bridgehead atoms. The predicted octanol–water partition coefficient (Wildman–Crippen LogP) is 1.24. The van der Waals surface area contributed by atoms with Crippen LogP contribution in [0.4, 0.5) is 11.4 Å². The second-order valence-electron chi connectivity index (χ2n) is 3.26. The Morgan fingerprint density at radius 2 is 2.14 bits per heavy atom. The van der Waals surface area contributed by atoms with E-state index in [0.717, 1.165) is 0 Å². The first-order valence-corrected chi connectivity index (χ1v) is 4.42. The van der Waals surface area contributed by atoms with Crippen molar-refractivity contribution >= 4 is 23.5 Å². The first kappa shape index (κ1) is 8.74. The van der Waals surface area contributed by atoms with Crippen molar-refractivity contribution in [3.8, 4) is 0 Å². The highest BCUT2D eigenvalue weighted by molar-refractivity contribution is 6.08. The van der Waals surface area contributed by atoms with E-state index >= 15 is 0 Å². The van der Waals surface area contributed by atoms with Gasteiger partial charge in [0, 0.05) is 6.21 Å². The molecule has 4 nitrogen and oxygen atoms in total. The number of anilines is 2. The smallest absolute Gasteiger partial charge is 0.255 e. The van der Waals surface area contributed by atoms with Crippen molar-refractivity contribution in [3.05, 3.63) is 24.3 Å². The largest absolute Gasteiger partial charge is 0.397 e. The van der Waals surface area contributed by atoms with Crippen molar-refractivity contribution in [2.45, 2.75) is 6.92 Å². The van der Waals surface area contributed by atoms with Crippen LogP contribution in [0.5, 0.6) is 0 Å². The number of carbonyl (C=O) groups excluding carboxylic acids is 1. The molecule has 0 fully saturated rings. The summed E-state index contributed by atoms with van der Waals surface area (Å²) >= 11 is 0. The molecule has 1 amide bonds. The summed E-state index contributed by atoms with van der Waals surface area (Å²) in [7, 11) is 0. The summed E-state index contributed by atoms with van der Waals surface area (Å²) in [6, 6.07) is 7.19. The molecule has 1 unspecified atom stereocenters. The zero-order valence-corrected chi connectivity index (χ0v) is 7.84. The Morgan fingerprint density at radius 1 is 1.43 bits per heavy atom. The maximum Gasteiger partial charge on any atom is 0.255 e. The van der Waals surface area contributed by atoms with E-state index in [9.17, 15) is 4.79 Å². The lowest BCUT2D eigenvalue weighted by atomic mass is 10.2. The highest BCUT2D eigenvalue weighted by atomic mass is 16.2. The predicted molar refractivity (Wildman–Crippen MR) is 56.0 cm³/mol. The van der Waals surface area contributed by atoms with Gasteiger partial charge >= 0.3 is 0 Å². The first-order valence-electron chi connectivity index (χ1n) is 4.42. The van der Waals surface area contributed by atoms with Crippen LogP contribution in [0.25, 0.3) is 0 Å². The molecule has 2 rings (SSSR count). The molecule has 1 aromatic rings. The van der Waals surface area contributed by atoms with Crippen LogP contribution in [0.15, 0.2) is 29.4 Å². The van der Waals surface area contributed by atoms with E-state index in [-0.39, 0.29) is 11.8 Å². The lowest BCUT2D eigenvalue weighted by Gasteiger charge is -2.14. The third kappa shape index (κ3) is 1.25. The summed E-state index contributed by atoms with van der Waals surface area (Å²) in [5.74, 6) is -0.197. The number of hydrogen-bond acceptors (Lipinski definition) is 3. The van der Waals surface area contributed by atoms with Crippen LogP contribution in [-0.4, -0.2) is 12.1 Å². The van der Waals surface area contributed by atoms with E-state index in [0.29, 0.717) is 11.4 Å². The minimum Gasteiger partial charge on any atom is -0.397 e. The highest BCUT2D eigenvalue weighted by Gasteiger charge is 2.26. The zero-order valence-electron chi connectivity index (χ0n) is 7.84. The molecule has 0 aliphatic carbocycles. The number of nitrogens with two attached hydrogens (primary N) is 1. The number of para-hydroxylation sites is 2. The van der Waals surface area contributed by atoms with Gasteiger partial charge in [-0.05, 0) is 19.1 Å². The van der Waals surface area contributed by atoms with Crippen LogP contribution < -0.4 is 10.7 Å². The van der Waals surface area contributed by atoms with Crippen LogP contribution >= 0.6 is 0 Å². The molecular formula is C10H11N3O. The fourth-order valence-corrected chi connectivity index (χ4v) is 1.34. The van der Waals surface area contributed by atoms with Gasteiger partial charge in [-0.2, -0.15) is 10.1 Å². The van der Waals surface area contributed by atoms with Crippen molar-refractivity contribution in [1.82, 2.24) is 0 Å². The highest BCUT2D eigenvalue weighted by Crippen LogP contribution is 2.26. The molecule has 1 aromatic carbocycles. The molecule has 1 heterocycles. The molecule has 72 valence electrons. The van der Waals surface area contributed by atoms with E-state index in [1.54, 1.807) is 18.3 Å². The van der Waals surface area contributed by atoms with Gasteiger partial charge in [0.05, 0.1) is 17.3 Å². The average Bonchev–Trinajstić information content (AvgIpc) is 2.49. The molecular weight excluding hydrogens is 178 g/mol. The van der Waals surface area contributed by atoms with Crippen LogP contribution in [0.2, 0.25) is 0 Å². The van der Waals surface area contributed by atoms with Gasteiger partial charge in [-0.3, -0.25) is 4.79 Å². The van der Waals surface area contributed by atoms with Gasteiger partial charge < -0.3 is 5.73 Å². The standard InChI is InChI=1S/C10H11N3O/c1-7-6-12-13(10(7)14)9-5-3-2-4-8(9)11/h2-7H,11H2,1H3. The van der Waals surface area contributed by atoms with Crippen molar-refractivity contribution in [2.24, 2.45) is 11.0 Å². The van der Waals surface area contributed by atoms with Crippen LogP contribution in [0.1, 0.15) is 6.92 Å². The van der Waals surface area contributed by atoms with E-state index < -0.39 is 0 Å². The van der Waals surface area contributed by atoms with Crippen LogP contribution in [0.3, 0.4) is 0 Å². The maximum absolute atomic E-state index is 11.6. The second-order valence-corrected chi connectivity index (χ2v) is 3.26. The Labute approximate surface area is 82.0 Å². The van der Waals surface area contributed by atoms with Gasteiger partial charge in [0.25, 0.3) is 5.91 Å². The SMILES string of the molecule is CC1C=NN(c2ccccc2N)C1=O. The fraction of sp³-hybridized carbons (Fsp3) is 0.200. The molecule has 1 aliphatic heterocycles. The maximum atomic E-state index is 11.6. The van der Waals surface area contributed by atoms with Crippen LogP contribution in [0, 0.1) is 5.92 Å². The Morgan fingerprint density at radius 3 is 2.71 bits per heavy atom. The van der Waals surface area contributed by atoms with Gasteiger partial charge in [-0.1, -0.05) is 12.1 Å². The van der Waals surface area contributed by atoms with E-state index in [2.05, 4.69) is 5.10 Å². The number of carbonyl (C=O) groups is 1. The number of amides is 1. The quantitative estimate of drug-likeness (QED) is 0.675. The molecule has 0 aromatic heterocycles. The summed E-state index contributed by atoms with van der Waals surface area (Å²) in [4.78, 5) is 11.6. The lowest BCUT2D eigenvalue weighted by Crippen LogP contribution is -2.25. The number of benzene rings is 1. The molecule has 0 spiro atoms. The van der Waals surface area contributed by atoms with Gasteiger partial charge in [0.15, 0.2) is 0 Å². The van der Waals surface area contributed by atoms with E-state index in [4.69, 9.17) is 5.73 Å². The molecule has 4 heteroatoms. The summed E-state index contributed by atoms with van der Waals surface area (Å²) in [6.07, 6.45) is 1.62. The van der Waals surface area contributed by atoms with Gasteiger partial charge in [0.2, 0.25) is 0 Å². The second kappa shape index (κ2) is 3.14. The molecule has 1 aliphatic rings. The third-order valence-electron chi connectivity index (χ3n) is 2.17. The zero-order chi connectivity index (χ0) is 10.1. The van der Waals surface area contributed by atoms with E-state index in [1.165, 1.54) is 5.01 Å². The summed E-state index contributed by atoms with van der Waals surface area (Å²) in [5.41, 5.74) is 6.95. The number of rotatable bonds is 1. The lowest BCUT2D eigenvalue weighted by molar-refractivity contribution is -0.119. The topological polar surface area (TPSA) is 58.7 Å². The van der Waals surface area contributed by atoms with Crippen molar-refractivity contribution in [1.29, 1.82) is 0 Å². The Hall–Kier alpha value is -1.84. The fourth-order valence-electron chi connectivity index (χ4n) is 1.34. The molecule has 14 heavy (non-hydrogen) atoms. The number of hydrazone groups is 1. The summed E-state index contributed by atoms with van der Waals surface area (Å²) in [6.45, 7) is 1.81. The molecule has 0 saturated carbocycles. The van der Waals surface area contributed by atoms with Gasteiger partial charge in [0.1, 0.15) is 0 Å². The normalized spacial score (nSPS) is 20.5. The minimum absolute atomic E-state index is 0.0390. The van der Waals surface area contributed by atoms with Gasteiger partial charge in [-0.15, -0.1) is 0 Å². The van der Waals surface area contributed by atoms with E-state index in [1.807, 2.05) is 19.1 Å². The Bertz CT molecular complexity index is 400. The molecule has 0 radical (unpaired) electrons. The Balaban J connectivity index is 2.38. The van der Waals surface area contributed by atoms with Crippen molar-refractivity contribution in [2.75, 3.05) is 10.7 Å². The molecule has 2 N–H and O–H groups in total. The Kier molecular flexibility index (Phi) is 1.96. The van der Waals surface area contributed by atoms with Crippen molar-refractivity contribution < 1.29 is 4.79 Å². The summed E-state index contributed by atoms with van der Waals surface area (Å²) < 4.78 is 0. The number of hydrogen-bond donors (Lipinski definition) is 1. The van der Waals surface area contributed by atoms with Crippen LogP contribution in [-0.2, 0) is 4.79 Å². The van der Waals surface area contributed by atoms with Crippen molar-refractivity contribution in [3.63, 3.8) is 0 Å². The number of nitrogen functional groups attached to an aromatic ring is 1. The molecule has 0 saturated heterocycles. The number of nitrogens with zero attached hydrogens (tertiary/aromatic N) is 2. The minimum atomic E-state index is -0.158. The molecule has 1 atom stereocenters. The average molecular weight is 189 g/mol. The summed E-state index contributed by atoms with van der Waals surface area (Å²) in [5, 5.41) is 5.35. The third-order valence-corrected chi connectivity index (χ3v) is 2.17. The first-order chi connectivity index (χ1) is 6.70. The van der Waals surface area contributed by atoms with Gasteiger partial charge in [-0.25, -0.2) is 0 Å².